The van der Waals surface area contributed by atoms with Crippen LogP contribution in [0.25, 0.3) is 0 Å². The van der Waals surface area contributed by atoms with Gasteiger partial charge in [0, 0.05) is 5.70 Å². The first-order valence-electron chi connectivity index (χ1n) is 7.11. The third kappa shape index (κ3) is 2.41. The van der Waals surface area contributed by atoms with Crippen molar-refractivity contribution in [1.82, 2.24) is 10.2 Å². The molecule has 2 heterocycles. The van der Waals surface area contributed by atoms with Crippen molar-refractivity contribution in [2.75, 3.05) is 0 Å². The molecule has 0 bridgehead atoms. The fourth-order valence-corrected chi connectivity index (χ4v) is 4.20. The van der Waals surface area contributed by atoms with Crippen LogP contribution in [0.2, 0.25) is 0 Å². The zero-order chi connectivity index (χ0) is 16.8. The van der Waals surface area contributed by atoms with Crippen LogP contribution in [0.1, 0.15) is 12.5 Å². The molecule has 2 saturated heterocycles. The number of hydrogen-bond donors (Lipinski definition) is 2. The molecule has 2 unspecified atom stereocenters. The van der Waals surface area contributed by atoms with Gasteiger partial charge in [-0.3, -0.25) is 19.3 Å². The lowest BCUT2D eigenvalue weighted by Crippen LogP contribution is -2.66. The van der Waals surface area contributed by atoms with Crippen molar-refractivity contribution < 1.29 is 19.5 Å². The number of thioether (sulfide) groups is 1. The highest BCUT2D eigenvalue weighted by Gasteiger charge is 2.62. The monoisotopic (exact) mass is 332 g/mol. The normalized spacial score (nSPS) is 29.0. The average molecular weight is 332 g/mol. The standard InChI is InChI=1S/C16H16N2O4S/c1-9-16(2,15(21)22)23-14-12(13(20)18(9)14)17-11(19)8-10-6-4-3-5-7-10/h3-7,12,14H,1,8H2,2H3,(H,17,19)(H,21,22)/t12?,14-,16?/m1/s1. The van der Waals surface area contributed by atoms with Crippen molar-refractivity contribution in [3.8, 4) is 0 Å². The van der Waals surface area contributed by atoms with Gasteiger partial charge in [0.2, 0.25) is 5.91 Å². The summed E-state index contributed by atoms with van der Waals surface area (Å²) in [5.41, 5.74) is 1.12. The number of rotatable bonds is 4. The molecule has 0 aliphatic carbocycles. The van der Waals surface area contributed by atoms with Gasteiger partial charge < -0.3 is 10.4 Å². The Morgan fingerprint density at radius 3 is 2.65 bits per heavy atom. The number of carboxylic acid groups (broad SMARTS) is 1. The number of hydrogen-bond acceptors (Lipinski definition) is 4. The van der Waals surface area contributed by atoms with Crippen LogP contribution in [0, 0.1) is 0 Å². The first-order valence-corrected chi connectivity index (χ1v) is 7.99. The SMILES string of the molecule is C=C1N2C(=O)C(NC(=O)Cc3ccccc3)[C@H]2SC1(C)C(=O)O. The maximum absolute atomic E-state index is 12.2. The number of aliphatic carboxylic acids is 1. The molecule has 120 valence electrons. The Balaban J connectivity index is 1.67. The van der Waals surface area contributed by atoms with E-state index in [1.807, 2.05) is 30.3 Å². The summed E-state index contributed by atoms with van der Waals surface area (Å²) in [5, 5.41) is 11.6. The van der Waals surface area contributed by atoms with Crippen molar-refractivity contribution in [2.45, 2.75) is 29.5 Å². The Morgan fingerprint density at radius 1 is 1.39 bits per heavy atom. The van der Waals surface area contributed by atoms with Crippen LogP contribution in [0.4, 0.5) is 0 Å². The maximum Gasteiger partial charge on any atom is 0.325 e. The average Bonchev–Trinajstić information content (AvgIpc) is 2.76. The van der Waals surface area contributed by atoms with Crippen LogP contribution < -0.4 is 5.32 Å². The van der Waals surface area contributed by atoms with Gasteiger partial charge in [-0.25, -0.2) is 0 Å². The Kier molecular flexibility index (Phi) is 3.68. The lowest BCUT2D eigenvalue weighted by molar-refractivity contribution is -0.146. The summed E-state index contributed by atoms with van der Waals surface area (Å²) in [6.45, 7) is 5.26. The van der Waals surface area contributed by atoms with Crippen LogP contribution in [0.15, 0.2) is 42.6 Å². The molecule has 3 atom stereocenters. The smallest absolute Gasteiger partial charge is 0.325 e. The van der Waals surface area contributed by atoms with Crippen molar-refractivity contribution in [3.05, 3.63) is 48.2 Å². The van der Waals surface area contributed by atoms with E-state index in [0.717, 1.165) is 17.3 Å². The first-order chi connectivity index (χ1) is 10.8. The first kappa shape index (κ1) is 15.6. The number of carbonyl (C=O) groups is 3. The van der Waals surface area contributed by atoms with E-state index < -0.39 is 22.1 Å². The number of benzene rings is 1. The Bertz CT molecular complexity index is 705. The number of nitrogens with one attached hydrogen (secondary N) is 1. The third-order valence-corrected chi connectivity index (χ3v) is 5.78. The fourth-order valence-electron chi connectivity index (χ4n) is 2.72. The highest BCUT2D eigenvalue weighted by molar-refractivity contribution is 8.02. The molecule has 6 nitrogen and oxygen atoms in total. The molecule has 0 spiro atoms. The second-order valence-electron chi connectivity index (χ2n) is 5.71. The fraction of sp³-hybridized carbons (Fsp3) is 0.312. The van der Waals surface area contributed by atoms with Gasteiger partial charge in [0.25, 0.3) is 5.91 Å². The highest BCUT2D eigenvalue weighted by Crippen LogP contribution is 2.52. The van der Waals surface area contributed by atoms with Crippen molar-refractivity contribution in [2.24, 2.45) is 0 Å². The van der Waals surface area contributed by atoms with Gasteiger partial charge in [-0.05, 0) is 12.5 Å². The van der Waals surface area contributed by atoms with Gasteiger partial charge in [-0.15, -0.1) is 11.8 Å². The minimum Gasteiger partial charge on any atom is -0.480 e. The van der Waals surface area contributed by atoms with E-state index in [-0.39, 0.29) is 23.9 Å². The number of nitrogens with zero attached hydrogens (tertiary/aromatic N) is 1. The molecule has 0 saturated carbocycles. The molecule has 0 radical (unpaired) electrons. The number of carbonyl (C=O) groups excluding carboxylic acids is 2. The molecule has 3 rings (SSSR count). The van der Waals surface area contributed by atoms with Gasteiger partial charge in [0.1, 0.15) is 11.4 Å². The van der Waals surface area contributed by atoms with Crippen molar-refractivity contribution >= 4 is 29.5 Å². The van der Waals surface area contributed by atoms with Gasteiger partial charge in [-0.2, -0.15) is 0 Å². The largest absolute Gasteiger partial charge is 0.480 e. The summed E-state index contributed by atoms with van der Waals surface area (Å²) in [6, 6.07) is 8.52. The summed E-state index contributed by atoms with van der Waals surface area (Å²) in [7, 11) is 0. The predicted octanol–water partition coefficient (Wildman–Crippen LogP) is 0.986. The van der Waals surface area contributed by atoms with Gasteiger partial charge in [0.15, 0.2) is 4.75 Å². The van der Waals surface area contributed by atoms with Crippen molar-refractivity contribution in [3.63, 3.8) is 0 Å². The summed E-state index contributed by atoms with van der Waals surface area (Å²) >= 11 is 1.13. The van der Waals surface area contributed by atoms with E-state index in [1.54, 1.807) is 0 Å². The predicted molar refractivity (Wildman–Crippen MR) is 85.5 cm³/mol. The summed E-state index contributed by atoms with van der Waals surface area (Å²) in [6.07, 6.45) is 0.180. The molecule has 2 N–H and O–H groups in total. The van der Waals surface area contributed by atoms with Crippen LogP contribution in [-0.2, 0) is 20.8 Å². The molecule has 23 heavy (non-hydrogen) atoms. The lowest BCUT2D eigenvalue weighted by Gasteiger charge is -2.41. The quantitative estimate of drug-likeness (QED) is 0.803. The number of β-lactam (4-membered cyclic amide) rings is 1. The van der Waals surface area contributed by atoms with Crippen LogP contribution >= 0.6 is 11.8 Å². The number of carboxylic acids is 1. The van der Waals surface area contributed by atoms with Gasteiger partial charge >= 0.3 is 5.97 Å². The second kappa shape index (κ2) is 5.42. The minimum atomic E-state index is -1.24. The van der Waals surface area contributed by atoms with E-state index in [4.69, 9.17) is 0 Å². The highest BCUT2D eigenvalue weighted by atomic mass is 32.2. The Morgan fingerprint density at radius 2 is 2.04 bits per heavy atom. The molecule has 7 heteroatoms. The molecular formula is C16H16N2O4S. The van der Waals surface area contributed by atoms with E-state index >= 15 is 0 Å². The minimum absolute atomic E-state index is 0.180. The van der Waals surface area contributed by atoms with E-state index in [1.165, 1.54) is 11.8 Å². The lowest BCUT2D eigenvalue weighted by atomic mass is 10.0. The van der Waals surface area contributed by atoms with E-state index in [9.17, 15) is 19.5 Å². The van der Waals surface area contributed by atoms with Crippen molar-refractivity contribution in [1.29, 1.82) is 0 Å². The molecular weight excluding hydrogens is 316 g/mol. The molecule has 2 fully saturated rings. The Labute approximate surface area is 137 Å². The van der Waals surface area contributed by atoms with Gasteiger partial charge in [-0.1, -0.05) is 36.9 Å². The number of amides is 2. The third-order valence-electron chi connectivity index (χ3n) is 4.17. The molecule has 2 amide bonds. The van der Waals surface area contributed by atoms with Gasteiger partial charge in [0.05, 0.1) is 6.42 Å². The van der Waals surface area contributed by atoms with E-state index in [0.29, 0.717) is 0 Å². The molecule has 2 aliphatic rings. The molecule has 0 aromatic heterocycles. The maximum atomic E-state index is 12.2. The molecule has 2 aliphatic heterocycles. The van der Waals surface area contributed by atoms with Crippen LogP contribution in [0.3, 0.4) is 0 Å². The van der Waals surface area contributed by atoms with Crippen LogP contribution in [0.5, 0.6) is 0 Å². The zero-order valence-corrected chi connectivity index (χ0v) is 13.3. The summed E-state index contributed by atoms with van der Waals surface area (Å²) < 4.78 is -1.24. The topological polar surface area (TPSA) is 86.7 Å². The summed E-state index contributed by atoms with van der Waals surface area (Å²) in [4.78, 5) is 37.1. The number of fused-ring (bicyclic) bond motifs is 1. The molecule has 1 aromatic carbocycles. The summed E-state index contributed by atoms with van der Waals surface area (Å²) in [5.74, 6) is -1.60. The molecule has 1 aromatic rings. The second-order valence-corrected chi connectivity index (χ2v) is 7.24. The van der Waals surface area contributed by atoms with E-state index in [2.05, 4.69) is 11.9 Å². The zero-order valence-electron chi connectivity index (χ0n) is 12.5. The Hall–Kier alpha value is -2.28. The van der Waals surface area contributed by atoms with Crippen LogP contribution in [-0.4, -0.2) is 44.0 Å².